The van der Waals surface area contributed by atoms with Gasteiger partial charge in [-0.2, -0.15) is 0 Å². The second-order valence-electron chi connectivity index (χ2n) is 6.87. The molecular formula is C19H31NO. The van der Waals surface area contributed by atoms with Gasteiger partial charge in [0.2, 0.25) is 0 Å². The minimum Gasteiger partial charge on any atom is -0.496 e. The van der Waals surface area contributed by atoms with E-state index in [0.29, 0.717) is 0 Å². The quantitative estimate of drug-likeness (QED) is 0.808. The third-order valence-electron chi connectivity index (χ3n) is 4.70. The van der Waals surface area contributed by atoms with Gasteiger partial charge in [0.1, 0.15) is 5.75 Å². The van der Waals surface area contributed by atoms with Gasteiger partial charge in [-0.05, 0) is 61.7 Å². The van der Waals surface area contributed by atoms with Gasteiger partial charge in [0.25, 0.3) is 0 Å². The third-order valence-corrected chi connectivity index (χ3v) is 4.70. The standard InChI is InChI=1S/C19H31NO/c1-15(2)13-20-14-18-10-5-4-8-16(18)12-17-9-6-7-11-19(17)21-3/h6-7,9,11,15-16,18,20H,4-5,8,10,12-14H2,1-3H3. The summed E-state index contributed by atoms with van der Waals surface area (Å²) < 4.78 is 5.52. The van der Waals surface area contributed by atoms with Crippen LogP contribution in [0.3, 0.4) is 0 Å². The van der Waals surface area contributed by atoms with Gasteiger partial charge >= 0.3 is 0 Å². The lowest BCUT2D eigenvalue weighted by Crippen LogP contribution is -2.33. The summed E-state index contributed by atoms with van der Waals surface area (Å²) in [5.41, 5.74) is 1.38. The van der Waals surface area contributed by atoms with Gasteiger partial charge < -0.3 is 10.1 Å². The monoisotopic (exact) mass is 289 g/mol. The Morgan fingerprint density at radius 3 is 2.57 bits per heavy atom. The topological polar surface area (TPSA) is 21.3 Å². The van der Waals surface area contributed by atoms with E-state index < -0.39 is 0 Å². The summed E-state index contributed by atoms with van der Waals surface area (Å²) in [7, 11) is 1.78. The molecule has 2 atom stereocenters. The fraction of sp³-hybridized carbons (Fsp3) is 0.684. The van der Waals surface area contributed by atoms with Crippen molar-refractivity contribution in [1.29, 1.82) is 0 Å². The first-order chi connectivity index (χ1) is 10.2. The summed E-state index contributed by atoms with van der Waals surface area (Å²) in [5.74, 6) is 3.41. The van der Waals surface area contributed by atoms with E-state index in [1.165, 1.54) is 37.8 Å². The summed E-state index contributed by atoms with van der Waals surface area (Å²) in [4.78, 5) is 0. The summed E-state index contributed by atoms with van der Waals surface area (Å²) in [6, 6.07) is 8.51. The molecule has 2 nitrogen and oxygen atoms in total. The molecule has 0 saturated heterocycles. The number of hydrogen-bond acceptors (Lipinski definition) is 2. The van der Waals surface area contributed by atoms with Crippen molar-refractivity contribution < 1.29 is 4.74 Å². The first-order valence-electron chi connectivity index (χ1n) is 8.53. The maximum Gasteiger partial charge on any atom is 0.122 e. The largest absolute Gasteiger partial charge is 0.496 e. The zero-order valence-corrected chi connectivity index (χ0v) is 13.9. The molecule has 0 heterocycles. The van der Waals surface area contributed by atoms with Crippen LogP contribution in [-0.4, -0.2) is 20.2 Å². The Kier molecular flexibility index (Phi) is 6.56. The molecule has 0 aromatic heterocycles. The average molecular weight is 289 g/mol. The van der Waals surface area contributed by atoms with Crippen LogP contribution in [0.25, 0.3) is 0 Å². The van der Waals surface area contributed by atoms with Crippen LogP contribution in [0.15, 0.2) is 24.3 Å². The highest BCUT2D eigenvalue weighted by Gasteiger charge is 2.25. The molecule has 2 heteroatoms. The van der Waals surface area contributed by atoms with E-state index in [-0.39, 0.29) is 0 Å². The lowest BCUT2D eigenvalue weighted by atomic mass is 9.76. The maximum absolute atomic E-state index is 5.52. The number of para-hydroxylation sites is 1. The smallest absolute Gasteiger partial charge is 0.122 e. The normalized spacial score (nSPS) is 22.5. The molecule has 0 bridgehead atoms. The van der Waals surface area contributed by atoms with Crippen molar-refractivity contribution in [2.24, 2.45) is 17.8 Å². The van der Waals surface area contributed by atoms with Crippen LogP contribution in [-0.2, 0) is 6.42 Å². The van der Waals surface area contributed by atoms with E-state index in [1.54, 1.807) is 7.11 Å². The summed E-state index contributed by atoms with van der Waals surface area (Å²) in [6.45, 7) is 6.87. The Labute approximate surface area is 130 Å². The summed E-state index contributed by atoms with van der Waals surface area (Å²) >= 11 is 0. The highest BCUT2D eigenvalue weighted by atomic mass is 16.5. The van der Waals surface area contributed by atoms with E-state index in [1.807, 2.05) is 0 Å². The molecule has 1 aliphatic rings. The Morgan fingerprint density at radius 1 is 1.14 bits per heavy atom. The van der Waals surface area contributed by atoms with Crippen LogP contribution in [0, 0.1) is 17.8 Å². The predicted molar refractivity (Wildman–Crippen MR) is 89.9 cm³/mol. The second-order valence-corrected chi connectivity index (χ2v) is 6.87. The van der Waals surface area contributed by atoms with Crippen LogP contribution >= 0.6 is 0 Å². The lowest BCUT2D eigenvalue weighted by molar-refractivity contribution is 0.225. The number of methoxy groups -OCH3 is 1. The Morgan fingerprint density at radius 2 is 1.86 bits per heavy atom. The van der Waals surface area contributed by atoms with Gasteiger partial charge in [-0.25, -0.2) is 0 Å². The Hall–Kier alpha value is -1.02. The zero-order valence-electron chi connectivity index (χ0n) is 13.9. The van der Waals surface area contributed by atoms with Crippen molar-refractivity contribution in [1.82, 2.24) is 5.32 Å². The molecule has 0 amide bonds. The van der Waals surface area contributed by atoms with Crippen LogP contribution < -0.4 is 10.1 Å². The van der Waals surface area contributed by atoms with Crippen molar-refractivity contribution in [2.45, 2.75) is 46.0 Å². The minimum absolute atomic E-state index is 0.737. The fourth-order valence-electron chi connectivity index (χ4n) is 3.53. The van der Waals surface area contributed by atoms with E-state index >= 15 is 0 Å². The third kappa shape index (κ3) is 5.03. The molecular weight excluding hydrogens is 258 g/mol. The maximum atomic E-state index is 5.52. The fourth-order valence-corrected chi connectivity index (χ4v) is 3.53. The Balaban J connectivity index is 1.95. The first kappa shape index (κ1) is 16.4. The molecule has 1 aromatic carbocycles. The van der Waals surface area contributed by atoms with E-state index in [0.717, 1.165) is 36.5 Å². The molecule has 0 aliphatic heterocycles. The number of nitrogens with one attached hydrogen (secondary N) is 1. The van der Waals surface area contributed by atoms with Crippen LogP contribution in [0.5, 0.6) is 5.75 Å². The number of rotatable bonds is 7. The summed E-state index contributed by atoms with van der Waals surface area (Å²) in [5, 5.41) is 3.67. The van der Waals surface area contributed by atoms with Crippen molar-refractivity contribution >= 4 is 0 Å². The van der Waals surface area contributed by atoms with Gasteiger partial charge in [-0.1, -0.05) is 44.9 Å². The van der Waals surface area contributed by atoms with E-state index in [9.17, 15) is 0 Å². The molecule has 118 valence electrons. The minimum atomic E-state index is 0.737. The highest BCUT2D eigenvalue weighted by Crippen LogP contribution is 2.34. The van der Waals surface area contributed by atoms with Gasteiger partial charge in [0.15, 0.2) is 0 Å². The van der Waals surface area contributed by atoms with Crippen LogP contribution in [0.1, 0.15) is 45.1 Å². The van der Waals surface area contributed by atoms with Crippen molar-refractivity contribution in [3.63, 3.8) is 0 Å². The second kappa shape index (κ2) is 8.43. The average Bonchev–Trinajstić information content (AvgIpc) is 2.49. The molecule has 1 N–H and O–H groups in total. The van der Waals surface area contributed by atoms with E-state index in [4.69, 9.17) is 4.74 Å². The van der Waals surface area contributed by atoms with Crippen LogP contribution in [0.4, 0.5) is 0 Å². The zero-order chi connectivity index (χ0) is 15.1. The molecule has 1 fully saturated rings. The van der Waals surface area contributed by atoms with Crippen molar-refractivity contribution in [3.05, 3.63) is 29.8 Å². The molecule has 0 spiro atoms. The van der Waals surface area contributed by atoms with E-state index in [2.05, 4.69) is 43.4 Å². The molecule has 1 aliphatic carbocycles. The first-order valence-corrected chi connectivity index (χ1v) is 8.53. The predicted octanol–water partition coefficient (Wildman–Crippen LogP) is 4.29. The summed E-state index contributed by atoms with van der Waals surface area (Å²) in [6.07, 6.45) is 6.70. The van der Waals surface area contributed by atoms with Crippen molar-refractivity contribution in [2.75, 3.05) is 20.2 Å². The molecule has 0 radical (unpaired) electrons. The van der Waals surface area contributed by atoms with Gasteiger partial charge in [-0.15, -0.1) is 0 Å². The number of benzene rings is 1. The molecule has 1 aromatic rings. The van der Waals surface area contributed by atoms with Crippen molar-refractivity contribution in [3.8, 4) is 5.75 Å². The lowest BCUT2D eigenvalue weighted by Gasteiger charge is -2.32. The van der Waals surface area contributed by atoms with Gasteiger partial charge in [-0.3, -0.25) is 0 Å². The molecule has 2 rings (SSSR count). The Bertz CT molecular complexity index is 416. The number of hydrogen-bond donors (Lipinski definition) is 1. The number of ether oxygens (including phenoxy) is 1. The van der Waals surface area contributed by atoms with Crippen LogP contribution in [0.2, 0.25) is 0 Å². The molecule has 1 saturated carbocycles. The SMILES string of the molecule is COc1ccccc1CC1CCCCC1CNCC(C)C. The molecule has 21 heavy (non-hydrogen) atoms. The highest BCUT2D eigenvalue weighted by molar-refractivity contribution is 5.33. The van der Waals surface area contributed by atoms with Gasteiger partial charge in [0.05, 0.1) is 7.11 Å². The molecule has 2 unspecified atom stereocenters. The van der Waals surface area contributed by atoms with Gasteiger partial charge in [0, 0.05) is 0 Å².